The number of carbonyl (C=O) groups is 2. The topological polar surface area (TPSA) is 78.4 Å². The number of nitrogens with one attached hydrogen (secondary N) is 2. The van der Waals surface area contributed by atoms with Crippen LogP contribution in [0.15, 0.2) is 66.1 Å². The van der Waals surface area contributed by atoms with Crippen molar-refractivity contribution >= 4 is 40.7 Å². The molecule has 1 amide bonds. The Labute approximate surface area is 161 Å². The molecule has 1 heterocycles. The number of carboxylic acid groups (broad SMARTS) is 1. The molecule has 6 heteroatoms. The molecule has 3 rings (SSSR count). The molecule has 0 aliphatic heterocycles. The molecule has 0 fully saturated rings. The lowest BCUT2D eigenvalue weighted by Gasteiger charge is -2.11. The molecule has 1 aromatic heterocycles. The van der Waals surface area contributed by atoms with Crippen LogP contribution in [-0.2, 0) is 4.79 Å². The summed E-state index contributed by atoms with van der Waals surface area (Å²) in [7, 11) is 1.79. The first-order valence-electron chi connectivity index (χ1n) is 8.25. The molecule has 0 atom stereocenters. The Balaban J connectivity index is 1.78. The second kappa shape index (κ2) is 8.33. The van der Waals surface area contributed by atoms with Crippen LogP contribution in [0.5, 0.6) is 0 Å². The second-order valence-corrected chi connectivity index (χ2v) is 6.69. The Kier molecular flexibility index (Phi) is 5.68. The predicted molar refractivity (Wildman–Crippen MR) is 110 cm³/mol. The zero-order chi connectivity index (χ0) is 19.2. The van der Waals surface area contributed by atoms with Crippen molar-refractivity contribution in [1.82, 2.24) is 0 Å². The van der Waals surface area contributed by atoms with E-state index in [2.05, 4.69) is 10.6 Å². The van der Waals surface area contributed by atoms with E-state index < -0.39 is 5.97 Å². The van der Waals surface area contributed by atoms with Crippen LogP contribution in [0.4, 0.5) is 11.4 Å². The number of anilines is 2. The molecule has 0 aliphatic carbocycles. The van der Waals surface area contributed by atoms with E-state index in [1.807, 2.05) is 35.7 Å². The molecule has 0 radical (unpaired) electrons. The highest BCUT2D eigenvalue weighted by Gasteiger charge is 2.08. The van der Waals surface area contributed by atoms with Crippen molar-refractivity contribution in [2.75, 3.05) is 17.7 Å². The minimum Gasteiger partial charge on any atom is -0.478 e. The molecule has 0 aliphatic rings. The molecule has 0 saturated heterocycles. The highest BCUT2D eigenvalue weighted by Crippen LogP contribution is 2.31. The van der Waals surface area contributed by atoms with Crippen molar-refractivity contribution in [1.29, 1.82) is 0 Å². The van der Waals surface area contributed by atoms with Gasteiger partial charge in [-0.2, -0.15) is 0 Å². The molecule has 3 N–H and O–H groups in total. The second-order valence-electron chi connectivity index (χ2n) is 5.74. The molecule has 0 saturated carbocycles. The van der Waals surface area contributed by atoms with Crippen LogP contribution in [-0.4, -0.2) is 24.0 Å². The van der Waals surface area contributed by atoms with Gasteiger partial charge in [0.1, 0.15) is 0 Å². The Bertz CT molecular complexity index is 994. The number of hydrogen-bond donors (Lipinski definition) is 3. The van der Waals surface area contributed by atoms with Gasteiger partial charge in [-0.1, -0.05) is 24.3 Å². The van der Waals surface area contributed by atoms with E-state index >= 15 is 0 Å². The monoisotopic (exact) mass is 378 g/mol. The molecule has 2 aromatic carbocycles. The van der Waals surface area contributed by atoms with Crippen LogP contribution >= 0.6 is 11.3 Å². The lowest BCUT2D eigenvalue weighted by molar-refractivity contribution is -0.111. The fraction of sp³-hybridized carbons (Fsp3) is 0.0476. The van der Waals surface area contributed by atoms with Crippen LogP contribution < -0.4 is 10.6 Å². The van der Waals surface area contributed by atoms with E-state index in [0.29, 0.717) is 11.3 Å². The highest BCUT2D eigenvalue weighted by molar-refractivity contribution is 7.13. The number of rotatable bonds is 6. The summed E-state index contributed by atoms with van der Waals surface area (Å²) in [5.41, 5.74) is 3.34. The lowest BCUT2D eigenvalue weighted by atomic mass is 10.1. The molecule has 0 unspecified atom stereocenters. The average Bonchev–Trinajstić information content (AvgIpc) is 3.21. The van der Waals surface area contributed by atoms with Crippen LogP contribution in [0.1, 0.15) is 15.9 Å². The van der Waals surface area contributed by atoms with Gasteiger partial charge in [0.25, 0.3) is 0 Å². The maximum absolute atomic E-state index is 12.3. The smallest absolute Gasteiger partial charge is 0.335 e. The van der Waals surface area contributed by atoms with E-state index in [1.165, 1.54) is 18.2 Å². The van der Waals surface area contributed by atoms with Gasteiger partial charge in [0.15, 0.2) is 0 Å². The number of carboxylic acids is 1. The van der Waals surface area contributed by atoms with Crippen molar-refractivity contribution in [2.45, 2.75) is 0 Å². The first kappa shape index (κ1) is 18.4. The van der Waals surface area contributed by atoms with Gasteiger partial charge < -0.3 is 15.7 Å². The summed E-state index contributed by atoms with van der Waals surface area (Å²) in [5, 5.41) is 17.0. The minimum atomic E-state index is -1.00. The number of benzene rings is 2. The van der Waals surface area contributed by atoms with E-state index in [4.69, 9.17) is 5.11 Å². The summed E-state index contributed by atoms with van der Waals surface area (Å²) in [5.74, 6) is -1.30. The van der Waals surface area contributed by atoms with Crippen LogP contribution in [0.25, 0.3) is 16.5 Å². The summed E-state index contributed by atoms with van der Waals surface area (Å²) in [4.78, 5) is 24.5. The summed E-state index contributed by atoms with van der Waals surface area (Å²) in [6, 6.07) is 16.3. The van der Waals surface area contributed by atoms with Gasteiger partial charge in [0.2, 0.25) is 5.91 Å². The summed E-state index contributed by atoms with van der Waals surface area (Å²) in [6.45, 7) is 0. The van der Waals surface area contributed by atoms with Gasteiger partial charge in [-0.25, -0.2) is 4.79 Å². The Morgan fingerprint density at radius 2 is 1.89 bits per heavy atom. The zero-order valence-electron chi connectivity index (χ0n) is 14.6. The SMILES string of the molecule is CNc1ccc(-c2cccs2)cc1NC(=O)/C=C/c1cccc(C(=O)O)c1. The summed E-state index contributed by atoms with van der Waals surface area (Å²) in [6.07, 6.45) is 2.97. The number of aromatic carboxylic acids is 1. The first-order valence-corrected chi connectivity index (χ1v) is 9.13. The van der Waals surface area contributed by atoms with Crippen LogP contribution in [0.2, 0.25) is 0 Å². The van der Waals surface area contributed by atoms with Crippen molar-refractivity contribution in [3.63, 3.8) is 0 Å². The summed E-state index contributed by atoms with van der Waals surface area (Å²) >= 11 is 1.63. The first-order chi connectivity index (χ1) is 13.1. The van der Waals surface area contributed by atoms with Gasteiger partial charge in [-0.3, -0.25) is 4.79 Å². The fourth-order valence-corrected chi connectivity index (χ4v) is 3.31. The Morgan fingerprint density at radius 1 is 1.04 bits per heavy atom. The van der Waals surface area contributed by atoms with Gasteiger partial charge in [-0.05, 0) is 52.9 Å². The number of thiophene rings is 1. The van der Waals surface area contributed by atoms with Gasteiger partial charge in [0, 0.05) is 18.0 Å². The Morgan fingerprint density at radius 3 is 2.59 bits per heavy atom. The Hall–Kier alpha value is -3.38. The van der Waals surface area contributed by atoms with Gasteiger partial charge in [-0.15, -0.1) is 11.3 Å². The van der Waals surface area contributed by atoms with E-state index in [0.717, 1.165) is 16.1 Å². The standard InChI is InChI=1S/C21H18N2O3S/c1-22-17-9-8-15(19-6-3-11-27-19)13-18(17)23-20(24)10-7-14-4-2-5-16(12-14)21(25)26/h2-13,22H,1H3,(H,23,24)(H,25,26)/b10-7+. The molecule has 5 nitrogen and oxygen atoms in total. The molecular weight excluding hydrogens is 360 g/mol. The van der Waals surface area contributed by atoms with Gasteiger partial charge in [0.05, 0.1) is 16.9 Å². The molecule has 27 heavy (non-hydrogen) atoms. The summed E-state index contributed by atoms with van der Waals surface area (Å²) < 4.78 is 0. The van der Waals surface area contributed by atoms with Crippen molar-refractivity contribution in [3.05, 3.63) is 77.2 Å². The lowest BCUT2D eigenvalue weighted by Crippen LogP contribution is -2.09. The van der Waals surface area contributed by atoms with Gasteiger partial charge >= 0.3 is 5.97 Å². The molecule has 0 spiro atoms. The largest absolute Gasteiger partial charge is 0.478 e. The minimum absolute atomic E-state index is 0.179. The normalized spacial score (nSPS) is 10.7. The van der Waals surface area contributed by atoms with E-state index in [-0.39, 0.29) is 11.5 Å². The number of hydrogen-bond acceptors (Lipinski definition) is 4. The third kappa shape index (κ3) is 4.62. The average molecular weight is 378 g/mol. The third-order valence-corrected chi connectivity index (χ3v) is 4.83. The zero-order valence-corrected chi connectivity index (χ0v) is 15.4. The predicted octanol–water partition coefficient (Wildman–Crippen LogP) is 4.81. The van der Waals surface area contributed by atoms with E-state index in [9.17, 15) is 9.59 Å². The molecule has 0 bridgehead atoms. The quantitative estimate of drug-likeness (QED) is 0.538. The maximum Gasteiger partial charge on any atom is 0.335 e. The number of amides is 1. The van der Waals surface area contributed by atoms with Crippen molar-refractivity contribution < 1.29 is 14.7 Å². The third-order valence-electron chi connectivity index (χ3n) is 3.91. The van der Waals surface area contributed by atoms with Crippen molar-refractivity contribution in [3.8, 4) is 10.4 Å². The molecular formula is C21H18N2O3S. The van der Waals surface area contributed by atoms with E-state index in [1.54, 1.807) is 36.6 Å². The van der Waals surface area contributed by atoms with Crippen LogP contribution in [0, 0.1) is 0 Å². The molecule has 136 valence electrons. The fourth-order valence-electron chi connectivity index (χ4n) is 2.58. The van der Waals surface area contributed by atoms with Crippen LogP contribution in [0.3, 0.4) is 0 Å². The maximum atomic E-state index is 12.3. The number of carbonyl (C=O) groups excluding carboxylic acids is 1. The van der Waals surface area contributed by atoms with Crippen molar-refractivity contribution in [2.24, 2.45) is 0 Å². The highest BCUT2D eigenvalue weighted by atomic mass is 32.1. The molecule has 3 aromatic rings.